The minimum absolute atomic E-state index is 0.166. The maximum atomic E-state index is 13.8. The summed E-state index contributed by atoms with van der Waals surface area (Å²) < 4.78 is 27.1. The van der Waals surface area contributed by atoms with Gasteiger partial charge in [0.15, 0.2) is 5.96 Å². The van der Waals surface area contributed by atoms with Crippen LogP contribution in [0.5, 0.6) is 0 Å². The first-order valence-electron chi connectivity index (χ1n) is 10.8. The Kier molecular flexibility index (Phi) is 7.84. The topological polar surface area (TPSA) is 42.9 Å². The monoisotopic (exact) mass is 407 g/mol. The molecule has 0 aromatic heterocycles. The Bertz CT molecular complexity index is 680. The lowest BCUT2D eigenvalue weighted by molar-refractivity contribution is 0.0173. The highest BCUT2D eigenvalue weighted by Gasteiger charge is 2.39. The molecule has 1 aromatic rings. The van der Waals surface area contributed by atoms with Crippen molar-refractivity contribution in [3.05, 3.63) is 35.4 Å². The molecule has 2 saturated heterocycles. The van der Waals surface area contributed by atoms with Crippen LogP contribution >= 0.6 is 0 Å². The van der Waals surface area contributed by atoms with E-state index in [9.17, 15) is 8.78 Å². The molecule has 7 heteroatoms. The number of hydrogen-bond donors (Lipinski definition) is 2. The number of piperidine rings is 2. The van der Waals surface area contributed by atoms with Crippen molar-refractivity contribution in [2.45, 2.75) is 44.1 Å². The average Bonchev–Trinajstić information content (AvgIpc) is 2.75. The zero-order valence-corrected chi connectivity index (χ0v) is 17.8. The number of rotatable bonds is 6. The van der Waals surface area contributed by atoms with Gasteiger partial charge in [-0.25, -0.2) is 8.78 Å². The highest BCUT2D eigenvalue weighted by atomic mass is 19.1. The smallest absolute Gasteiger partial charge is 0.191 e. The highest BCUT2D eigenvalue weighted by Crippen LogP contribution is 2.30. The summed E-state index contributed by atoms with van der Waals surface area (Å²) in [6.45, 7) is 5.94. The van der Waals surface area contributed by atoms with Gasteiger partial charge in [-0.05, 0) is 89.1 Å². The summed E-state index contributed by atoms with van der Waals surface area (Å²) in [5.41, 5.74) is 0.548. The number of hydrogen-bond acceptors (Lipinski definition) is 3. The lowest BCUT2D eigenvalue weighted by Crippen LogP contribution is -2.62. The molecular formula is C22H35F2N5. The number of likely N-dealkylation sites (tertiary alicyclic amines) is 2. The molecule has 0 spiro atoms. The number of benzene rings is 1. The third-order valence-electron chi connectivity index (χ3n) is 6.45. The van der Waals surface area contributed by atoms with Gasteiger partial charge in [0.25, 0.3) is 0 Å². The molecule has 2 aliphatic rings. The van der Waals surface area contributed by atoms with Gasteiger partial charge in [-0.15, -0.1) is 0 Å². The SMILES string of the molecule is CN=C(NCCc1cc(F)ccc1F)NCC1(N2CCCCC2)CCN(C)CC1. The highest BCUT2D eigenvalue weighted by molar-refractivity contribution is 5.79. The molecule has 1 aromatic carbocycles. The third-order valence-corrected chi connectivity index (χ3v) is 6.45. The molecule has 0 bridgehead atoms. The van der Waals surface area contributed by atoms with Crippen LogP contribution in [0.15, 0.2) is 23.2 Å². The predicted molar refractivity (Wildman–Crippen MR) is 114 cm³/mol. The quantitative estimate of drug-likeness (QED) is 0.562. The number of halogens is 2. The van der Waals surface area contributed by atoms with E-state index >= 15 is 0 Å². The molecule has 29 heavy (non-hydrogen) atoms. The standard InChI is InChI=1S/C22H35F2N5/c1-25-21(26-11-8-18-16-19(23)6-7-20(18)24)27-17-22(9-14-28(2)15-10-22)29-12-4-3-5-13-29/h6-7,16H,3-5,8-15,17H2,1-2H3,(H2,25,26,27). The molecule has 0 saturated carbocycles. The molecule has 0 atom stereocenters. The predicted octanol–water partition coefficient (Wildman–Crippen LogP) is 2.62. The lowest BCUT2D eigenvalue weighted by atomic mass is 9.84. The van der Waals surface area contributed by atoms with Gasteiger partial charge in [0, 0.05) is 25.7 Å². The van der Waals surface area contributed by atoms with Crippen LogP contribution in [0.25, 0.3) is 0 Å². The molecule has 0 unspecified atom stereocenters. The molecule has 2 N–H and O–H groups in total. The second-order valence-electron chi connectivity index (χ2n) is 8.41. The zero-order chi connectivity index (χ0) is 20.7. The van der Waals surface area contributed by atoms with Crippen LogP contribution in [0.4, 0.5) is 8.78 Å². The van der Waals surface area contributed by atoms with Crippen LogP contribution in [-0.4, -0.2) is 74.7 Å². The van der Waals surface area contributed by atoms with Crippen molar-refractivity contribution in [3.63, 3.8) is 0 Å². The zero-order valence-electron chi connectivity index (χ0n) is 17.8. The summed E-state index contributed by atoms with van der Waals surface area (Å²) >= 11 is 0. The second kappa shape index (κ2) is 10.3. The normalized spacial score (nSPS) is 21.2. The van der Waals surface area contributed by atoms with Gasteiger partial charge < -0.3 is 15.5 Å². The molecule has 2 heterocycles. The summed E-state index contributed by atoms with van der Waals surface area (Å²) in [5.74, 6) is -0.0571. The van der Waals surface area contributed by atoms with Crippen molar-refractivity contribution >= 4 is 5.96 Å². The van der Waals surface area contributed by atoms with Gasteiger partial charge in [0.2, 0.25) is 0 Å². The average molecular weight is 408 g/mol. The minimum atomic E-state index is -0.408. The van der Waals surface area contributed by atoms with Crippen molar-refractivity contribution in [2.75, 3.05) is 53.4 Å². The molecule has 162 valence electrons. The molecule has 0 aliphatic carbocycles. The second-order valence-corrected chi connectivity index (χ2v) is 8.41. The van der Waals surface area contributed by atoms with Crippen LogP contribution in [-0.2, 0) is 6.42 Å². The number of guanidine groups is 1. The van der Waals surface area contributed by atoms with Gasteiger partial charge in [-0.2, -0.15) is 0 Å². The summed E-state index contributed by atoms with van der Waals surface area (Å²) in [7, 11) is 3.94. The van der Waals surface area contributed by atoms with Crippen molar-refractivity contribution in [1.29, 1.82) is 0 Å². The Morgan fingerprint density at radius 3 is 2.48 bits per heavy atom. The van der Waals surface area contributed by atoms with Crippen LogP contribution < -0.4 is 10.6 Å². The Morgan fingerprint density at radius 1 is 1.07 bits per heavy atom. The van der Waals surface area contributed by atoms with E-state index in [1.807, 2.05) is 0 Å². The summed E-state index contributed by atoms with van der Waals surface area (Å²) in [6.07, 6.45) is 6.61. The van der Waals surface area contributed by atoms with Crippen LogP contribution in [0, 0.1) is 11.6 Å². The van der Waals surface area contributed by atoms with E-state index in [2.05, 4.69) is 32.5 Å². The first-order chi connectivity index (χ1) is 14.0. The first kappa shape index (κ1) is 22.0. The fourth-order valence-electron chi connectivity index (χ4n) is 4.53. The maximum absolute atomic E-state index is 13.8. The fraction of sp³-hybridized carbons (Fsp3) is 0.682. The summed E-state index contributed by atoms with van der Waals surface area (Å²) in [6, 6.07) is 3.59. The summed E-state index contributed by atoms with van der Waals surface area (Å²) in [4.78, 5) is 9.42. The van der Waals surface area contributed by atoms with E-state index in [0.29, 0.717) is 18.5 Å². The largest absolute Gasteiger partial charge is 0.356 e. The van der Waals surface area contributed by atoms with Gasteiger partial charge in [-0.3, -0.25) is 9.89 Å². The molecule has 2 fully saturated rings. The number of nitrogens with zero attached hydrogens (tertiary/aromatic N) is 3. The van der Waals surface area contributed by atoms with Gasteiger partial charge in [0.05, 0.1) is 0 Å². The molecular weight excluding hydrogens is 372 g/mol. The maximum Gasteiger partial charge on any atom is 0.191 e. The fourth-order valence-corrected chi connectivity index (χ4v) is 4.53. The summed E-state index contributed by atoms with van der Waals surface area (Å²) in [5, 5.41) is 6.77. The Hall–Kier alpha value is -1.73. The van der Waals surface area contributed by atoms with E-state index < -0.39 is 5.82 Å². The number of aliphatic imine (C=N–C) groups is 1. The first-order valence-corrected chi connectivity index (χ1v) is 10.8. The van der Waals surface area contributed by atoms with E-state index in [4.69, 9.17) is 0 Å². The van der Waals surface area contributed by atoms with Gasteiger partial charge >= 0.3 is 0 Å². The van der Waals surface area contributed by atoms with E-state index in [-0.39, 0.29) is 11.4 Å². The molecule has 2 aliphatic heterocycles. The minimum Gasteiger partial charge on any atom is -0.356 e. The van der Waals surface area contributed by atoms with Crippen molar-refractivity contribution < 1.29 is 8.78 Å². The van der Waals surface area contributed by atoms with Gasteiger partial charge in [-0.1, -0.05) is 6.42 Å². The van der Waals surface area contributed by atoms with E-state index in [1.165, 1.54) is 44.5 Å². The number of nitrogens with one attached hydrogen (secondary N) is 2. The molecule has 3 rings (SSSR count). The Morgan fingerprint density at radius 2 is 1.79 bits per heavy atom. The van der Waals surface area contributed by atoms with Crippen molar-refractivity contribution in [1.82, 2.24) is 20.4 Å². The third kappa shape index (κ3) is 5.89. The van der Waals surface area contributed by atoms with Crippen molar-refractivity contribution in [2.24, 2.45) is 4.99 Å². The van der Waals surface area contributed by atoms with Gasteiger partial charge in [0.1, 0.15) is 11.6 Å². The van der Waals surface area contributed by atoms with Crippen LogP contribution in [0.1, 0.15) is 37.7 Å². The molecule has 5 nitrogen and oxygen atoms in total. The lowest BCUT2D eigenvalue weighted by Gasteiger charge is -2.50. The Balaban J connectivity index is 1.55. The van der Waals surface area contributed by atoms with Crippen molar-refractivity contribution in [3.8, 4) is 0 Å². The molecule has 0 amide bonds. The van der Waals surface area contributed by atoms with Crippen LogP contribution in [0.2, 0.25) is 0 Å². The molecule has 0 radical (unpaired) electrons. The van der Waals surface area contributed by atoms with E-state index in [1.54, 1.807) is 7.05 Å². The van der Waals surface area contributed by atoms with E-state index in [0.717, 1.165) is 44.5 Å². The van der Waals surface area contributed by atoms with Crippen LogP contribution in [0.3, 0.4) is 0 Å². The Labute approximate surface area is 173 Å².